The Hall–Kier alpha value is -8.54. The fourth-order valence-corrected chi connectivity index (χ4v) is 9.64. The molecule has 16 nitrogen and oxygen atoms in total. The number of carbonyl (C=O) groups excluding carboxylic acids is 2. The fraction of sp³-hybridized carbons (Fsp3) is 0.259. The highest BCUT2D eigenvalue weighted by molar-refractivity contribution is 6.21. The quantitative estimate of drug-likeness (QED) is 0.0818. The Morgan fingerprint density at radius 2 is 1.57 bits per heavy atom. The van der Waals surface area contributed by atoms with Gasteiger partial charge in [-0.3, -0.25) is 38.7 Å². The van der Waals surface area contributed by atoms with Crippen LogP contribution in [-0.2, 0) is 20.1 Å². The average Bonchev–Trinajstić information content (AvgIpc) is 4.15. The lowest BCUT2D eigenvalue weighted by Gasteiger charge is -2.30. The fourth-order valence-electron chi connectivity index (χ4n) is 9.64. The normalized spacial score (nSPS) is 17.4. The van der Waals surface area contributed by atoms with Crippen LogP contribution in [0, 0.1) is 17.2 Å². The number of guanidine groups is 1. The molecule has 0 radical (unpaired) electrons. The first kappa shape index (κ1) is 47.2. The van der Waals surface area contributed by atoms with Gasteiger partial charge in [0.2, 0.25) is 17.5 Å². The number of ketones is 1. The number of para-hydroxylation sites is 1. The summed E-state index contributed by atoms with van der Waals surface area (Å²) in [5.41, 5.74) is 5.86. The van der Waals surface area contributed by atoms with E-state index >= 15 is 0 Å². The number of rotatable bonds is 11. The van der Waals surface area contributed by atoms with Gasteiger partial charge >= 0.3 is 0 Å². The summed E-state index contributed by atoms with van der Waals surface area (Å²) in [4.78, 5) is 55.6. The van der Waals surface area contributed by atoms with Crippen molar-refractivity contribution in [3.63, 3.8) is 0 Å². The average molecular weight is 970 g/mol. The highest BCUT2D eigenvalue weighted by atomic mass is 19.1. The van der Waals surface area contributed by atoms with Crippen LogP contribution in [0.1, 0.15) is 77.9 Å². The number of amides is 1. The third kappa shape index (κ3) is 9.18. The van der Waals surface area contributed by atoms with E-state index in [-0.39, 0.29) is 51.4 Å². The molecule has 18 heteroatoms. The first-order valence-corrected chi connectivity index (χ1v) is 23.8. The topological polar surface area (TPSA) is 183 Å². The lowest BCUT2D eigenvalue weighted by atomic mass is 10.1. The third-order valence-corrected chi connectivity index (χ3v) is 13.3. The van der Waals surface area contributed by atoms with Crippen LogP contribution < -0.4 is 42.7 Å². The van der Waals surface area contributed by atoms with Crippen LogP contribution in [0.4, 0.5) is 31.8 Å². The Balaban J connectivity index is 0.000000167. The van der Waals surface area contributed by atoms with Gasteiger partial charge in [-0.25, -0.2) is 24.0 Å². The summed E-state index contributed by atoms with van der Waals surface area (Å²) in [5, 5.41) is 24.2. The molecule has 1 fully saturated rings. The van der Waals surface area contributed by atoms with Crippen LogP contribution in [0.15, 0.2) is 136 Å². The highest BCUT2D eigenvalue weighted by Crippen LogP contribution is 2.39. The van der Waals surface area contributed by atoms with Crippen LogP contribution in [0.5, 0.6) is 0 Å². The summed E-state index contributed by atoms with van der Waals surface area (Å²) in [6.07, 6.45) is 3.01. The van der Waals surface area contributed by atoms with E-state index in [1.54, 1.807) is 64.6 Å². The minimum absolute atomic E-state index is 0.00290. The van der Waals surface area contributed by atoms with Crippen molar-refractivity contribution in [2.45, 2.75) is 70.7 Å². The molecule has 1 saturated carbocycles. The summed E-state index contributed by atoms with van der Waals surface area (Å²) < 4.78 is 32.2. The Bertz CT molecular complexity index is 3530. The number of carbonyl (C=O) groups is 2. The van der Waals surface area contributed by atoms with E-state index in [0.717, 1.165) is 41.6 Å². The van der Waals surface area contributed by atoms with Crippen molar-refractivity contribution in [2.75, 3.05) is 29.1 Å². The SMILES string of the molecule is CC(=O)c1ccc(Cn2nc3c(c2Nc2ccc(F)cc2)C(=O)N(C)C2=NC(C)(C)CN23)cc1.Cn1c(=O)/c(=C(/NCc2ccc(-c3cccc(F)n3)cc2)Nc2ccccc2)c(=N)n2c1=N[C@@H]1CCC[C@@H]12. The van der Waals surface area contributed by atoms with Crippen molar-refractivity contribution in [2.24, 2.45) is 17.0 Å². The van der Waals surface area contributed by atoms with Crippen molar-refractivity contribution >= 4 is 46.5 Å². The molecule has 6 heterocycles. The second-order valence-electron chi connectivity index (χ2n) is 19.0. The second kappa shape index (κ2) is 19.0. The standard InChI is InChI=1S/C29H28FN7O.C25H25FN6O2/c1-36-28(38)25(26(31)37-23-11-5-10-22(23)35-29(36)37)27(33-20-7-3-2-4-8-20)32-17-18-13-15-19(16-14-18)21-9-6-12-24(30)34-21;1-15(33)17-7-5-16(6-8-17)13-32-21(27-19-11-9-18(26)10-12-19)20-22(29-32)31-14-25(2,3)28-24(31)30(4)23(20)34/h2-4,6-9,12-16,22-23,31-33H,5,10-11,17H2,1H3;5-12,27H,13-14H2,1-4H3/b27-25-,31-26?;/t22-,23+;/m1./s1. The Morgan fingerprint density at radius 1 is 0.847 bits per heavy atom. The van der Waals surface area contributed by atoms with Crippen molar-refractivity contribution < 1.29 is 18.4 Å². The predicted molar refractivity (Wildman–Crippen MR) is 271 cm³/mol. The van der Waals surface area contributed by atoms with E-state index in [9.17, 15) is 23.2 Å². The zero-order chi connectivity index (χ0) is 50.4. The Morgan fingerprint density at radius 3 is 2.28 bits per heavy atom. The molecule has 4 aliphatic rings. The summed E-state index contributed by atoms with van der Waals surface area (Å²) >= 11 is 0. The maximum absolute atomic E-state index is 13.6. The van der Waals surface area contributed by atoms with Gasteiger partial charge in [0.25, 0.3) is 11.5 Å². The van der Waals surface area contributed by atoms with Gasteiger partial charge in [0.1, 0.15) is 33.7 Å². The molecule has 3 aromatic heterocycles. The van der Waals surface area contributed by atoms with Crippen LogP contribution in [0.3, 0.4) is 0 Å². The molecule has 11 rings (SSSR count). The number of benzene rings is 4. The number of anilines is 4. The summed E-state index contributed by atoms with van der Waals surface area (Å²) in [7, 11) is 3.43. The highest BCUT2D eigenvalue weighted by Gasteiger charge is 2.45. The number of halogens is 2. The number of fused-ring (bicyclic) bond motifs is 6. The maximum Gasteiger partial charge on any atom is 0.267 e. The molecule has 0 unspecified atom stereocenters. The van der Waals surface area contributed by atoms with Crippen molar-refractivity contribution in [3.05, 3.63) is 182 Å². The molecule has 1 amide bonds. The summed E-state index contributed by atoms with van der Waals surface area (Å²) in [6, 6.07) is 35.5. The molecule has 0 bridgehead atoms. The largest absolute Gasteiger partial charge is 0.367 e. The van der Waals surface area contributed by atoms with Crippen LogP contribution in [-0.4, -0.2) is 71.6 Å². The zero-order valence-electron chi connectivity index (χ0n) is 40.4. The third-order valence-electron chi connectivity index (χ3n) is 13.3. The number of pyridine rings is 1. The number of hydrogen-bond donors (Lipinski definition) is 4. The first-order chi connectivity index (χ1) is 34.6. The monoisotopic (exact) mass is 969 g/mol. The van der Waals surface area contributed by atoms with Crippen LogP contribution in [0.25, 0.3) is 17.1 Å². The minimum atomic E-state index is -0.517. The van der Waals surface area contributed by atoms with Gasteiger partial charge < -0.3 is 16.0 Å². The van der Waals surface area contributed by atoms with Gasteiger partial charge in [0.05, 0.1) is 36.4 Å². The zero-order valence-corrected chi connectivity index (χ0v) is 40.4. The van der Waals surface area contributed by atoms with Crippen molar-refractivity contribution in [3.8, 4) is 11.3 Å². The summed E-state index contributed by atoms with van der Waals surface area (Å²) in [6.45, 7) is 6.93. The van der Waals surface area contributed by atoms with Gasteiger partial charge in [-0.15, -0.1) is 0 Å². The van der Waals surface area contributed by atoms with Gasteiger partial charge in [-0.05, 0) is 99.7 Å². The van der Waals surface area contributed by atoms with E-state index < -0.39 is 5.95 Å². The molecular formula is C54H53F2N13O3. The van der Waals surface area contributed by atoms with Gasteiger partial charge in [0, 0.05) is 43.1 Å². The molecule has 0 spiro atoms. The number of hydrogen-bond acceptors (Lipinski definition) is 12. The first-order valence-electron chi connectivity index (χ1n) is 23.8. The molecule has 0 saturated heterocycles. The number of Topliss-reactive ketones (excluding diaryl/α,β-unsaturated/α-hetero) is 1. The van der Waals surface area contributed by atoms with Gasteiger partial charge in [-0.1, -0.05) is 72.8 Å². The molecule has 366 valence electrons. The number of nitrogens with zero attached hydrogens (tertiary/aromatic N) is 9. The molecule has 2 atom stereocenters. The predicted octanol–water partition coefficient (Wildman–Crippen LogP) is 6.62. The second-order valence-corrected chi connectivity index (χ2v) is 19.0. The molecule has 4 aromatic carbocycles. The van der Waals surface area contributed by atoms with Crippen molar-refractivity contribution in [1.82, 2.24) is 34.1 Å². The van der Waals surface area contributed by atoms with Crippen LogP contribution in [0.2, 0.25) is 0 Å². The molecule has 4 N–H and O–H groups in total. The van der Waals surface area contributed by atoms with E-state index in [2.05, 4.69) is 20.9 Å². The lowest BCUT2D eigenvalue weighted by Crippen LogP contribution is -2.59. The minimum Gasteiger partial charge on any atom is -0.367 e. The molecular weight excluding hydrogens is 917 g/mol. The Kier molecular flexibility index (Phi) is 12.4. The van der Waals surface area contributed by atoms with E-state index in [1.165, 1.54) is 25.1 Å². The molecule has 1 aliphatic carbocycles. The van der Waals surface area contributed by atoms with E-state index in [1.807, 2.05) is 90.0 Å². The molecule has 3 aliphatic heterocycles. The molecule has 7 aromatic rings. The number of aliphatic imine (C=N–C) groups is 1. The number of aromatic nitrogens is 5. The molecule has 72 heavy (non-hydrogen) atoms. The van der Waals surface area contributed by atoms with E-state index in [4.69, 9.17) is 20.5 Å². The smallest absolute Gasteiger partial charge is 0.267 e. The van der Waals surface area contributed by atoms with Crippen molar-refractivity contribution in [1.29, 1.82) is 5.41 Å². The Labute approximate surface area is 413 Å². The van der Waals surface area contributed by atoms with Gasteiger partial charge in [-0.2, -0.15) is 9.49 Å². The summed E-state index contributed by atoms with van der Waals surface area (Å²) in [5.74, 6) is 1.01. The van der Waals surface area contributed by atoms with Crippen LogP contribution >= 0.6 is 0 Å². The van der Waals surface area contributed by atoms with E-state index in [0.29, 0.717) is 71.2 Å². The maximum atomic E-state index is 13.6. The van der Waals surface area contributed by atoms with Gasteiger partial charge in [0.15, 0.2) is 11.6 Å². The number of nitrogens with one attached hydrogen (secondary N) is 4. The lowest BCUT2D eigenvalue weighted by molar-refractivity contribution is 0.0866.